The zero-order valence-electron chi connectivity index (χ0n) is 12.0. The molecule has 0 saturated carbocycles. The van der Waals surface area contributed by atoms with Crippen molar-refractivity contribution in [3.63, 3.8) is 0 Å². The van der Waals surface area contributed by atoms with Gasteiger partial charge in [-0.3, -0.25) is 4.79 Å². The minimum Gasteiger partial charge on any atom is -0.455 e. The minimum absolute atomic E-state index is 0.597. The van der Waals surface area contributed by atoms with Gasteiger partial charge in [-0.25, -0.2) is 4.98 Å². The van der Waals surface area contributed by atoms with Gasteiger partial charge in [0, 0.05) is 16.6 Å². The zero-order chi connectivity index (χ0) is 14.8. The number of carbonyl (C=O) groups excluding carboxylic acids is 1. The van der Waals surface area contributed by atoms with Gasteiger partial charge in [-0.2, -0.15) is 0 Å². The van der Waals surface area contributed by atoms with Crippen LogP contribution in [-0.2, 0) is 0 Å². The molecule has 0 spiro atoms. The number of carbonyl (C=O) groups is 1. The highest BCUT2D eigenvalue weighted by Gasteiger charge is 2.08. The molecule has 0 aliphatic heterocycles. The molecule has 3 nitrogen and oxygen atoms in total. The van der Waals surface area contributed by atoms with Crippen molar-refractivity contribution in [1.82, 2.24) is 4.98 Å². The van der Waals surface area contributed by atoms with Crippen LogP contribution in [0.3, 0.4) is 0 Å². The lowest BCUT2D eigenvalue weighted by atomic mass is 10.1. The second-order valence-corrected chi connectivity index (χ2v) is 5.03. The van der Waals surface area contributed by atoms with Crippen LogP contribution < -0.4 is 4.74 Å². The molecule has 0 N–H and O–H groups in total. The molecule has 3 aromatic rings. The first-order chi connectivity index (χ1) is 10.2. The molecular weight excluding hydrogens is 262 g/mol. The SMILES string of the molecule is Cc1ccc2cccc(Oc3cc(C=O)ccc3C)c2n1. The first-order valence-corrected chi connectivity index (χ1v) is 6.77. The Balaban J connectivity index is 2.10. The number of hydrogen-bond acceptors (Lipinski definition) is 3. The topological polar surface area (TPSA) is 39.2 Å². The van der Waals surface area contributed by atoms with E-state index in [1.54, 1.807) is 12.1 Å². The quantitative estimate of drug-likeness (QED) is 0.664. The summed E-state index contributed by atoms with van der Waals surface area (Å²) in [4.78, 5) is 15.5. The number of pyridine rings is 1. The van der Waals surface area contributed by atoms with E-state index >= 15 is 0 Å². The van der Waals surface area contributed by atoms with Crippen LogP contribution in [0.15, 0.2) is 48.5 Å². The second-order valence-electron chi connectivity index (χ2n) is 5.03. The molecule has 0 fully saturated rings. The number of fused-ring (bicyclic) bond motifs is 1. The van der Waals surface area contributed by atoms with Crippen molar-refractivity contribution in [2.45, 2.75) is 13.8 Å². The molecule has 0 saturated heterocycles. The number of aryl methyl sites for hydroxylation is 2. The zero-order valence-corrected chi connectivity index (χ0v) is 12.0. The maximum absolute atomic E-state index is 10.9. The summed E-state index contributed by atoms with van der Waals surface area (Å²) >= 11 is 0. The molecule has 0 aliphatic carbocycles. The van der Waals surface area contributed by atoms with Gasteiger partial charge in [0.05, 0.1) is 0 Å². The number of rotatable bonds is 3. The van der Waals surface area contributed by atoms with E-state index in [2.05, 4.69) is 4.98 Å². The van der Waals surface area contributed by atoms with E-state index in [1.807, 2.05) is 50.2 Å². The highest BCUT2D eigenvalue weighted by atomic mass is 16.5. The van der Waals surface area contributed by atoms with E-state index in [0.29, 0.717) is 17.1 Å². The third-order valence-electron chi connectivity index (χ3n) is 3.39. The molecule has 0 radical (unpaired) electrons. The Labute approximate surface area is 123 Å². The van der Waals surface area contributed by atoms with Gasteiger partial charge in [-0.1, -0.05) is 30.3 Å². The van der Waals surface area contributed by atoms with Crippen LogP contribution in [0.25, 0.3) is 10.9 Å². The molecular formula is C18H15NO2. The van der Waals surface area contributed by atoms with Crippen LogP contribution in [0.1, 0.15) is 21.6 Å². The van der Waals surface area contributed by atoms with Crippen LogP contribution in [0.2, 0.25) is 0 Å². The van der Waals surface area contributed by atoms with Gasteiger partial charge < -0.3 is 4.74 Å². The number of para-hydroxylation sites is 1. The molecule has 2 aromatic carbocycles. The molecule has 1 heterocycles. The van der Waals surface area contributed by atoms with E-state index in [1.165, 1.54) is 0 Å². The van der Waals surface area contributed by atoms with E-state index in [4.69, 9.17) is 4.74 Å². The van der Waals surface area contributed by atoms with Crippen molar-refractivity contribution < 1.29 is 9.53 Å². The normalized spacial score (nSPS) is 10.6. The lowest BCUT2D eigenvalue weighted by Crippen LogP contribution is -1.92. The van der Waals surface area contributed by atoms with Crippen LogP contribution in [-0.4, -0.2) is 11.3 Å². The number of ether oxygens (including phenoxy) is 1. The highest BCUT2D eigenvalue weighted by Crippen LogP contribution is 2.30. The molecule has 3 rings (SSSR count). The smallest absolute Gasteiger partial charge is 0.153 e. The maximum atomic E-state index is 10.9. The van der Waals surface area contributed by atoms with E-state index in [-0.39, 0.29) is 0 Å². The Kier molecular flexibility index (Phi) is 3.40. The Morgan fingerprint density at radius 1 is 1.00 bits per heavy atom. The van der Waals surface area contributed by atoms with Gasteiger partial charge in [0.15, 0.2) is 5.75 Å². The average Bonchev–Trinajstić information content (AvgIpc) is 2.50. The fourth-order valence-electron chi connectivity index (χ4n) is 2.22. The van der Waals surface area contributed by atoms with Gasteiger partial charge in [-0.15, -0.1) is 0 Å². The summed E-state index contributed by atoms with van der Waals surface area (Å²) in [7, 11) is 0. The summed E-state index contributed by atoms with van der Waals surface area (Å²) in [6, 6.07) is 15.2. The molecule has 0 aliphatic rings. The minimum atomic E-state index is 0.597. The number of benzene rings is 2. The summed E-state index contributed by atoms with van der Waals surface area (Å²) in [5, 5.41) is 1.03. The molecule has 0 amide bonds. The maximum Gasteiger partial charge on any atom is 0.153 e. The summed E-state index contributed by atoms with van der Waals surface area (Å²) in [5.74, 6) is 1.37. The molecule has 1 aromatic heterocycles. The van der Waals surface area contributed by atoms with Gasteiger partial charge in [-0.05, 0) is 37.6 Å². The number of aldehydes is 1. The van der Waals surface area contributed by atoms with E-state index < -0.39 is 0 Å². The van der Waals surface area contributed by atoms with Crippen LogP contribution in [0, 0.1) is 13.8 Å². The van der Waals surface area contributed by atoms with Gasteiger partial charge >= 0.3 is 0 Å². The number of hydrogen-bond donors (Lipinski definition) is 0. The fourth-order valence-corrected chi connectivity index (χ4v) is 2.22. The van der Waals surface area contributed by atoms with Crippen molar-refractivity contribution in [3.8, 4) is 11.5 Å². The van der Waals surface area contributed by atoms with Gasteiger partial charge in [0.2, 0.25) is 0 Å². The van der Waals surface area contributed by atoms with Crippen LogP contribution in [0.5, 0.6) is 11.5 Å². The van der Waals surface area contributed by atoms with Crippen molar-refractivity contribution in [2.75, 3.05) is 0 Å². The van der Waals surface area contributed by atoms with Crippen molar-refractivity contribution in [3.05, 3.63) is 65.4 Å². The molecule has 3 heteroatoms. The average molecular weight is 277 g/mol. The molecule has 21 heavy (non-hydrogen) atoms. The Bertz CT molecular complexity index is 825. The van der Waals surface area contributed by atoms with Crippen LogP contribution >= 0.6 is 0 Å². The lowest BCUT2D eigenvalue weighted by Gasteiger charge is -2.11. The third kappa shape index (κ3) is 2.63. The van der Waals surface area contributed by atoms with Crippen molar-refractivity contribution in [1.29, 1.82) is 0 Å². The summed E-state index contributed by atoms with van der Waals surface area (Å²) < 4.78 is 6.00. The molecule has 104 valence electrons. The fraction of sp³-hybridized carbons (Fsp3) is 0.111. The number of aromatic nitrogens is 1. The summed E-state index contributed by atoms with van der Waals surface area (Å²) in [6.07, 6.45) is 0.817. The largest absolute Gasteiger partial charge is 0.455 e. The predicted molar refractivity (Wildman–Crippen MR) is 83.1 cm³/mol. The predicted octanol–water partition coefficient (Wildman–Crippen LogP) is 4.46. The van der Waals surface area contributed by atoms with E-state index in [9.17, 15) is 4.79 Å². The number of nitrogens with zero attached hydrogens (tertiary/aromatic N) is 1. The van der Waals surface area contributed by atoms with Gasteiger partial charge in [0.25, 0.3) is 0 Å². The van der Waals surface area contributed by atoms with Crippen molar-refractivity contribution >= 4 is 17.2 Å². The first-order valence-electron chi connectivity index (χ1n) is 6.77. The summed E-state index contributed by atoms with van der Waals surface area (Å²) in [5.41, 5.74) is 3.34. The first kappa shape index (κ1) is 13.3. The lowest BCUT2D eigenvalue weighted by molar-refractivity contribution is 0.112. The standard InChI is InChI=1S/C18H15NO2/c1-12-6-8-14(11-20)10-17(12)21-16-5-3-4-15-9-7-13(2)19-18(15)16/h3-11H,1-2H3. The molecule has 0 atom stereocenters. The monoisotopic (exact) mass is 277 g/mol. The molecule has 0 bridgehead atoms. The molecule has 0 unspecified atom stereocenters. The Hall–Kier alpha value is -2.68. The Morgan fingerprint density at radius 3 is 2.67 bits per heavy atom. The van der Waals surface area contributed by atoms with E-state index in [0.717, 1.165) is 28.4 Å². The highest BCUT2D eigenvalue weighted by molar-refractivity contribution is 5.85. The Morgan fingerprint density at radius 2 is 1.86 bits per heavy atom. The summed E-state index contributed by atoms with van der Waals surface area (Å²) in [6.45, 7) is 3.90. The second kappa shape index (κ2) is 5.37. The third-order valence-corrected chi connectivity index (χ3v) is 3.39. The van der Waals surface area contributed by atoms with Crippen molar-refractivity contribution in [2.24, 2.45) is 0 Å². The van der Waals surface area contributed by atoms with Crippen LogP contribution in [0.4, 0.5) is 0 Å². The van der Waals surface area contributed by atoms with Gasteiger partial charge in [0.1, 0.15) is 17.6 Å².